The predicted octanol–water partition coefficient (Wildman–Crippen LogP) is 2.40. The molecule has 0 saturated carbocycles. The van der Waals surface area contributed by atoms with Gasteiger partial charge >= 0.3 is 5.97 Å². The molecule has 0 rings (SSSR count). The third-order valence-electron chi connectivity index (χ3n) is 1.29. The van der Waals surface area contributed by atoms with E-state index in [0.717, 1.165) is 11.5 Å². The lowest BCUT2D eigenvalue weighted by molar-refractivity contribution is -0.145. The van der Waals surface area contributed by atoms with Crippen LogP contribution in [0.15, 0.2) is 0 Å². The summed E-state index contributed by atoms with van der Waals surface area (Å²) >= 11 is 2.09. The molecule has 1 unspecified atom stereocenters. The van der Waals surface area contributed by atoms with Crippen LogP contribution in [0, 0.1) is 5.92 Å². The molecule has 0 bridgehead atoms. The summed E-state index contributed by atoms with van der Waals surface area (Å²) < 4.78 is 41.6. The first-order chi connectivity index (χ1) is 7.18. The Morgan fingerprint density at radius 2 is 2.64 bits per heavy atom. The maximum atomic E-state index is 11.4. The van der Waals surface area contributed by atoms with Crippen molar-refractivity contribution in [1.82, 2.24) is 0 Å². The quantitative estimate of drug-likeness (QED) is 0.437. The Kier molecular flexibility index (Phi) is 3.16. The Morgan fingerprint density at radius 3 is 3.09 bits per heavy atom. The van der Waals surface area contributed by atoms with E-state index in [0.29, 0.717) is 6.42 Å². The molecule has 66 valence electrons. The van der Waals surface area contributed by atoms with Gasteiger partial charge in [-0.25, -0.2) is 0 Å². The second-order valence-corrected chi connectivity index (χ2v) is 3.13. The molecule has 0 aromatic heterocycles. The van der Waals surface area contributed by atoms with Crippen molar-refractivity contribution in [1.29, 1.82) is 0 Å². The van der Waals surface area contributed by atoms with E-state index in [1.165, 1.54) is 0 Å². The summed E-state index contributed by atoms with van der Waals surface area (Å²) in [7, 11) is 1.13. The van der Waals surface area contributed by atoms with Gasteiger partial charge in [0.15, 0.2) is 0 Å². The number of rotatable bonds is 5. The molecule has 0 heterocycles. The molecule has 3 heteroatoms. The molecule has 0 fully saturated rings. The van der Waals surface area contributed by atoms with Crippen LogP contribution in [0.3, 0.4) is 0 Å². The van der Waals surface area contributed by atoms with Crippen LogP contribution in [0.2, 0.25) is 0 Å². The number of halogens is 1. The molecular formula is C8H15IO2. The molecule has 0 aromatic rings. The largest absolute Gasteiger partial charge is 0.469 e. The first-order valence-electron chi connectivity index (χ1n) is 5.82. The van der Waals surface area contributed by atoms with Crippen LogP contribution in [0.5, 0.6) is 0 Å². The lowest BCUT2D eigenvalue weighted by Gasteiger charge is -2.10. The Bertz CT molecular complexity index is 241. The maximum absolute atomic E-state index is 11.4. The molecule has 0 saturated heterocycles. The van der Waals surface area contributed by atoms with Crippen LogP contribution >= 0.6 is 22.6 Å². The third kappa shape index (κ3) is 4.61. The van der Waals surface area contributed by atoms with Crippen molar-refractivity contribution in [2.45, 2.75) is 26.1 Å². The van der Waals surface area contributed by atoms with Crippen molar-refractivity contribution >= 4 is 28.6 Å². The van der Waals surface area contributed by atoms with Crippen LogP contribution in [0.25, 0.3) is 0 Å². The van der Waals surface area contributed by atoms with Gasteiger partial charge in [-0.1, -0.05) is 29.4 Å². The molecule has 0 spiro atoms. The standard InChI is InChI=1S/C8H15IO2/c1-3-7(5-4-6-9)8(10)11-2/h7H,3-6H2,1-2H3/i1D3,3D2. The number of hydrogen-bond acceptors (Lipinski definition) is 2. The highest BCUT2D eigenvalue weighted by Crippen LogP contribution is 2.13. The fraction of sp³-hybridized carbons (Fsp3) is 0.875. The molecule has 2 nitrogen and oxygen atoms in total. The number of ether oxygens (including phenoxy) is 1. The van der Waals surface area contributed by atoms with Gasteiger partial charge < -0.3 is 4.74 Å². The van der Waals surface area contributed by atoms with E-state index in [-0.39, 0.29) is 6.42 Å². The van der Waals surface area contributed by atoms with Crippen molar-refractivity contribution < 1.29 is 16.4 Å². The molecule has 0 aliphatic rings. The minimum Gasteiger partial charge on any atom is -0.469 e. The van der Waals surface area contributed by atoms with Gasteiger partial charge in [-0.05, 0) is 23.6 Å². The van der Waals surface area contributed by atoms with Crippen LogP contribution in [-0.2, 0) is 9.53 Å². The highest BCUT2D eigenvalue weighted by molar-refractivity contribution is 14.1. The average Bonchev–Trinajstić information content (AvgIpc) is 2.15. The second kappa shape index (κ2) is 6.88. The zero-order valence-corrected chi connectivity index (χ0v) is 8.55. The van der Waals surface area contributed by atoms with E-state index in [1.54, 1.807) is 0 Å². The van der Waals surface area contributed by atoms with Gasteiger partial charge in [0.2, 0.25) is 0 Å². The summed E-state index contributed by atoms with van der Waals surface area (Å²) in [5, 5.41) is 0. The molecule has 0 aliphatic heterocycles. The average molecular weight is 275 g/mol. The Hall–Kier alpha value is 0.200. The summed E-state index contributed by atoms with van der Waals surface area (Å²) in [6, 6.07) is 0. The number of hydrogen-bond donors (Lipinski definition) is 0. The zero-order chi connectivity index (χ0) is 13.0. The fourth-order valence-electron chi connectivity index (χ4n) is 0.672. The van der Waals surface area contributed by atoms with Crippen molar-refractivity contribution in [3.8, 4) is 0 Å². The molecule has 11 heavy (non-hydrogen) atoms. The molecule has 0 radical (unpaired) electrons. The topological polar surface area (TPSA) is 26.3 Å². The van der Waals surface area contributed by atoms with Gasteiger partial charge in [0.25, 0.3) is 0 Å². The van der Waals surface area contributed by atoms with Gasteiger partial charge in [0.05, 0.1) is 13.0 Å². The first-order valence-corrected chi connectivity index (χ1v) is 4.84. The van der Waals surface area contributed by atoms with Crippen LogP contribution < -0.4 is 0 Å². The van der Waals surface area contributed by atoms with E-state index in [2.05, 4.69) is 27.3 Å². The summed E-state index contributed by atoms with van der Waals surface area (Å²) in [4.78, 5) is 11.4. The van der Waals surface area contributed by atoms with Crippen molar-refractivity contribution in [2.24, 2.45) is 5.92 Å². The van der Waals surface area contributed by atoms with E-state index in [1.807, 2.05) is 0 Å². The van der Waals surface area contributed by atoms with E-state index in [4.69, 9.17) is 6.85 Å². The van der Waals surface area contributed by atoms with E-state index in [9.17, 15) is 4.79 Å². The lowest BCUT2D eigenvalue weighted by atomic mass is 10.0. The first kappa shape index (κ1) is 5.04. The monoisotopic (exact) mass is 275 g/mol. The summed E-state index contributed by atoms with van der Waals surface area (Å²) in [6.07, 6.45) is -1.79. The molecule has 0 aromatic carbocycles. The third-order valence-corrected chi connectivity index (χ3v) is 2.05. The van der Waals surface area contributed by atoms with E-state index >= 15 is 0 Å². The fourth-order valence-corrected chi connectivity index (χ4v) is 1.11. The number of carbonyl (C=O) groups is 1. The minimum atomic E-state index is -2.82. The van der Waals surface area contributed by atoms with Gasteiger partial charge in [-0.3, -0.25) is 4.79 Å². The Morgan fingerprint density at radius 1 is 1.91 bits per heavy atom. The second-order valence-electron chi connectivity index (χ2n) is 2.05. The zero-order valence-electron chi connectivity index (χ0n) is 11.4. The highest BCUT2D eigenvalue weighted by atomic mass is 127. The molecule has 0 N–H and O–H groups in total. The maximum Gasteiger partial charge on any atom is 0.308 e. The van der Waals surface area contributed by atoms with Crippen LogP contribution in [-0.4, -0.2) is 17.5 Å². The summed E-state index contributed by atoms with van der Waals surface area (Å²) in [6.45, 7) is -2.82. The van der Waals surface area contributed by atoms with Gasteiger partial charge in [-0.15, -0.1) is 0 Å². The predicted molar refractivity (Wildman–Crippen MR) is 53.9 cm³/mol. The molecular weight excluding hydrogens is 255 g/mol. The smallest absolute Gasteiger partial charge is 0.308 e. The van der Waals surface area contributed by atoms with Gasteiger partial charge in [0.1, 0.15) is 0 Å². The number of esters is 1. The number of alkyl halides is 1. The van der Waals surface area contributed by atoms with Crippen LogP contribution in [0.4, 0.5) is 0 Å². The summed E-state index contributed by atoms with van der Waals surface area (Å²) in [5.74, 6) is -2.04. The number of methoxy groups -OCH3 is 1. The van der Waals surface area contributed by atoms with E-state index < -0.39 is 25.1 Å². The van der Waals surface area contributed by atoms with Crippen molar-refractivity contribution in [2.75, 3.05) is 11.5 Å². The summed E-state index contributed by atoms with van der Waals surface area (Å²) in [5.41, 5.74) is 0. The van der Waals surface area contributed by atoms with Crippen LogP contribution in [0.1, 0.15) is 32.9 Å². The highest BCUT2D eigenvalue weighted by Gasteiger charge is 2.15. The minimum absolute atomic E-state index is 0.182. The molecule has 0 aliphatic carbocycles. The van der Waals surface area contributed by atoms with Gasteiger partial charge in [0, 0.05) is 6.85 Å². The van der Waals surface area contributed by atoms with Crippen molar-refractivity contribution in [3.05, 3.63) is 0 Å². The Balaban J connectivity index is 4.94. The number of carbonyl (C=O) groups excluding carboxylic acids is 1. The lowest BCUT2D eigenvalue weighted by Crippen LogP contribution is -2.15. The molecule has 1 atom stereocenters. The Labute approximate surface area is 88.9 Å². The van der Waals surface area contributed by atoms with Gasteiger partial charge in [-0.2, -0.15) is 0 Å². The SMILES string of the molecule is [2H]C([2H])([2H])C([2H])([2H])C(CCCI)C(=O)OC. The van der Waals surface area contributed by atoms with Crippen molar-refractivity contribution in [3.63, 3.8) is 0 Å². The normalized spacial score (nSPS) is 21.8. The molecule has 0 amide bonds.